The second-order valence-electron chi connectivity index (χ2n) is 4.69. The maximum Gasteiger partial charge on any atom is 0.161 e. The molecule has 4 nitrogen and oxygen atoms in total. The largest absolute Gasteiger partial charge is 0.493 e. The van der Waals surface area contributed by atoms with E-state index in [-0.39, 0.29) is 12.2 Å². The molecule has 0 aliphatic carbocycles. The van der Waals surface area contributed by atoms with E-state index in [1.807, 2.05) is 25.1 Å². The predicted molar refractivity (Wildman–Crippen MR) is 70.4 cm³/mol. The second-order valence-corrected chi connectivity index (χ2v) is 4.69. The second kappa shape index (κ2) is 6.07. The summed E-state index contributed by atoms with van der Waals surface area (Å²) in [6.45, 7) is 6.37. The minimum atomic E-state index is 0.0970. The van der Waals surface area contributed by atoms with E-state index in [9.17, 15) is 0 Å². The lowest BCUT2D eigenvalue weighted by atomic mass is 10.2. The fraction of sp³-hybridized carbons (Fsp3) is 0.571. The quantitative estimate of drug-likeness (QED) is 0.885. The average Bonchev–Trinajstić information content (AvgIpc) is 2.37. The zero-order chi connectivity index (χ0) is 13.0. The van der Waals surface area contributed by atoms with Crippen molar-refractivity contribution >= 4 is 0 Å². The summed E-state index contributed by atoms with van der Waals surface area (Å²) >= 11 is 0. The molecule has 0 radical (unpaired) electrons. The Hall–Kier alpha value is -1.26. The van der Waals surface area contributed by atoms with Gasteiger partial charge < -0.3 is 19.5 Å². The monoisotopic (exact) mass is 251 g/mol. The standard InChI is InChI=1S/C14H21NO3/c1-10-4-5-13(14(6-10)16-3)17-9-12-8-15-7-11(2)18-12/h4-6,11-12,15H,7-9H2,1-3H3. The first kappa shape index (κ1) is 13.2. The Bertz CT molecular complexity index is 395. The normalized spacial score (nSPS) is 23.7. The molecule has 0 saturated carbocycles. The van der Waals surface area contributed by atoms with Gasteiger partial charge in [0.05, 0.1) is 13.2 Å². The number of hydrogen-bond acceptors (Lipinski definition) is 4. The first-order valence-electron chi connectivity index (χ1n) is 6.32. The lowest BCUT2D eigenvalue weighted by Crippen LogP contribution is -2.45. The summed E-state index contributed by atoms with van der Waals surface area (Å²) in [5.74, 6) is 1.54. The highest BCUT2D eigenvalue weighted by molar-refractivity contribution is 5.42. The summed E-state index contributed by atoms with van der Waals surface area (Å²) in [5, 5.41) is 3.32. The predicted octanol–water partition coefficient (Wildman–Crippen LogP) is 1.76. The van der Waals surface area contributed by atoms with Crippen molar-refractivity contribution in [3.8, 4) is 11.5 Å². The molecule has 1 saturated heterocycles. The molecule has 100 valence electrons. The van der Waals surface area contributed by atoms with Crippen LogP contribution in [0.4, 0.5) is 0 Å². The molecule has 1 aliphatic heterocycles. The Labute approximate surface area is 108 Å². The van der Waals surface area contributed by atoms with E-state index in [2.05, 4.69) is 12.2 Å². The Kier molecular flexibility index (Phi) is 4.44. The Morgan fingerprint density at radius 1 is 1.33 bits per heavy atom. The van der Waals surface area contributed by atoms with Crippen LogP contribution in [0.25, 0.3) is 0 Å². The fourth-order valence-corrected chi connectivity index (χ4v) is 2.05. The van der Waals surface area contributed by atoms with Crippen molar-refractivity contribution in [2.24, 2.45) is 0 Å². The molecule has 4 heteroatoms. The molecule has 1 aliphatic rings. The molecule has 0 aromatic heterocycles. The molecule has 0 bridgehead atoms. The van der Waals surface area contributed by atoms with Crippen LogP contribution in [0, 0.1) is 6.92 Å². The third-order valence-electron chi connectivity index (χ3n) is 2.97. The van der Waals surface area contributed by atoms with Crippen LogP contribution in [-0.4, -0.2) is 39.0 Å². The van der Waals surface area contributed by atoms with E-state index in [4.69, 9.17) is 14.2 Å². The van der Waals surface area contributed by atoms with E-state index in [0.717, 1.165) is 30.2 Å². The van der Waals surface area contributed by atoms with Crippen molar-refractivity contribution < 1.29 is 14.2 Å². The molecule has 1 aromatic carbocycles. The smallest absolute Gasteiger partial charge is 0.161 e. The number of rotatable bonds is 4. The van der Waals surface area contributed by atoms with Gasteiger partial charge in [0.2, 0.25) is 0 Å². The van der Waals surface area contributed by atoms with Gasteiger partial charge in [0, 0.05) is 13.1 Å². The van der Waals surface area contributed by atoms with Gasteiger partial charge in [-0.2, -0.15) is 0 Å². The third-order valence-corrected chi connectivity index (χ3v) is 2.97. The van der Waals surface area contributed by atoms with Crippen LogP contribution in [0.1, 0.15) is 12.5 Å². The molecule has 1 heterocycles. The van der Waals surface area contributed by atoms with Crippen LogP contribution in [-0.2, 0) is 4.74 Å². The van der Waals surface area contributed by atoms with Crippen molar-refractivity contribution in [3.05, 3.63) is 23.8 Å². The number of benzene rings is 1. The third kappa shape index (κ3) is 3.37. The lowest BCUT2D eigenvalue weighted by Gasteiger charge is -2.28. The van der Waals surface area contributed by atoms with Crippen LogP contribution in [0.2, 0.25) is 0 Å². The highest BCUT2D eigenvalue weighted by Crippen LogP contribution is 2.28. The van der Waals surface area contributed by atoms with E-state index in [1.54, 1.807) is 7.11 Å². The topological polar surface area (TPSA) is 39.7 Å². The first-order valence-corrected chi connectivity index (χ1v) is 6.32. The summed E-state index contributed by atoms with van der Waals surface area (Å²) in [6, 6.07) is 5.92. The minimum absolute atomic E-state index is 0.0970. The van der Waals surface area contributed by atoms with Crippen molar-refractivity contribution in [1.82, 2.24) is 5.32 Å². The minimum Gasteiger partial charge on any atom is -0.493 e. The van der Waals surface area contributed by atoms with Crippen LogP contribution >= 0.6 is 0 Å². The SMILES string of the molecule is COc1cc(C)ccc1OCC1CNCC(C)O1. The first-order chi connectivity index (χ1) is 8.69. The van der Waals surface area contributed by atoms with Gasteiger partial charge in [-0.15, -0.1) is 0 Å². The van der Waals surface area contributed by atoms with E-state index in [0.29, 0.717) is 6.61 Å². The molecule has 2 unspecified atom stereocenters. The number of ether oxygens (including phenoxy) is 3. The van der Waals surface area contributed by atoms with Crippen LogP contribution in [0.5, 0.6) is 11.5 Å². The summed E-state index contributed by atoms with van der Waals surface area (Å²) < 4.78 is 16.9. The number of aryl methyl sites for hydroxylation is 1. The van der Waals surface area contributed by atoms with E-state index < -0.39 is 0 Å². The van der Waals surface area contributed by atoms with Gasteiger partial charge in [-0.1, -0.05) is 6.07 Å². The molecular weight excluding hydrogens is 230 g/mol. The molecule has 1 N–H and O–H groups in total. The van der Waals surface area contributed by atoms with Crippen LogP contribution in [0.3, 0.4) is 0 Å². The summed E-state index contributed by atoms with van der Waals surface area (Å²) in [6.07, 6.45) is 0.340. The molecule has 18 heavy (non-hydrogen) atoms. The molecule has 0 spiro atoms. The van der Waals surface area contributed by atoms with Crippen molar-refractivity contribution in [2.75, 3.05) is 26.8 Å². The van der Waals surface area contributed by atoms with E-state index >= 15 is 0 Å². The maximum atomic E-state index is 5.78. The molecular formula is C14H21NO3. The zero-order valence-electron chi connectivity index (χ0n) is 11.2. The van der Waals surface area contributed by atoms with Gasteiger partial charge in [-0.3, -0.25) is 0 Å². The summed E-state index contributed by atoms with van der Waals surface area (Å²) in [7, 11) is 1.66. The highest BCUT2D eigenvalue weighted by Gasteiger charge is 2.19. The molecule has 0 amide bonds. The molecule has 2 atom stereocenters. The summed E-state index contributed by atoms with van der Waals surface area (Å²) in [5.41, 5.74) is 1.16. The van der Waals surface area contributed by atoms with Gasteiger partial charge in [-0.25, -0.2) is 0 Å². The molecule has 1 aromatic rings. The number of nitrogens with one attached hydrogen (secondary N) is 1. The van der Waals surface area contributed by atoms with Crippen molar-refractivity contribution in [2.45, 2.75) is 26.1 Å². The van der Waals surface area contributed by atoms with Crippen molar-refractivity contribution in [3.63, 3.8) is 0 Å². The summed E-state index contributed by atoms with van der Waals surface area (Å²) in [4.78, 5) is 0. The van der Waals surface area contributed by atoms with Gasteiger partial charge in [-0.05, 0) is 31.5 Å². The van der Waals surface area contributed by atoms with Crippen LogP contribution < -0.4 is 14.8 Å². The Morgan fingerprint density at radius 2 is 2.17 bits per heavy atom. The van der Waals surface area contributed by atoms with Gasteiger partial charge >= 0.3 is 0 Å². The lowest BCUT2D eigenvalue weighted by molar-refractivity contribution is -0.0472. The van der Waals surface area contributed by atoms with Crippen molar-refractivity contribution in [1.29, 1.82) is 0 Å². The van der Waals surface area contributed by atoms with Gasteiger partial charge in [0.25, 0.3) is 0 Å². The zero-order valence-corrected chi connectivity index (χ0v) is 11.2. The van der Waals surface area contributed by atoms with E-state index in [1.165, 1.54) is 0 Å². The molecule has 1 fully saturated rings. The average molecular weight is 251 g/mol. The Balaban J connectivity index is 1.93. The van der Waals surface area contributed by atoms with Gasteiger partial charge in [0.15, 0.2) is 11.5 Å². The highest BCUT2D eigenvalue weighted by atomic mass is 16.6. The molecule has 2 rings (SSSR count). The number of morpholine rings is 1. The van der Waals surface area contributed by atoms with Crippen LogP contribution in [0.15, 0.2) is 18.2 Å². The maximum absolute atomic E-state index is 5.78. The number of methoxy groups -OCH3 is 1. The Morgan fingerprint density at radius 3 is 2.89 bits per heavy atom. The van der Waals surface area contributed by atoms with Gasteiger partial charge in [0.1, 0.15) is 12.7 Å². The fourth-order valence-electron chi connectivity index (χ4n) is 2.05. The number of hydrogen-bond donors (Lipinski definition) is 1.